The van der Waals surface area contributed by atoms with Gasteiger partial charge in [-0.1, -0.05) is 30.7 Å². The van der Waals surface area contributed by atoms with E-state index in [9.17, 15) is 0 Å². The molecule has 0 aliphatic carbocycles. The van der Waals surface area contributed by atoms with E-state index < -0.39 is 0 Å². The molecule has 0 bridgehead atoms. The van der Waals surface area contributed by atoms with Gasteiger partial charge < -0.3 is 5.73 Å². The molecule has 0 fully saturated rings. The van der Waals surface area contributed by atoms with E-state index in [1.54, 1.807) is 0 Å². The normalized spacial score (nSPS) is 12.4. The summed E-state index contributed by atoms with van der Waals surface area (Å²) in [6.45, 7) is 2.12. The number of halogens is 2. The molecule has 1 aromatic carbocycles. The molecule has 2 nitrogen and oxygen atoms in total. The zero-order valence-corrected chi connectivity index (χ0v) is 13.6. The Bertz CT molecular complexity index is 555. The van der Waals surface area contributed by atoms with Crippen molar-refractivity contribution in [3.8, 4) is 0 Å². The Morgan fingerprint density at radius 1 is 1.32 bits per heavy atom. The molecule has 0 spiro atoms. The molecule has 2 rings (SSSR count). The van der Waals surface area contributed by atoms with Gasteiger partial charge in [0.05, 0.1) is 5.02 Å². The van der Waals surface area contributed by atoms with Crippen molar-refractivity contribution >= 4 is 34.2 Å². The molecular weight excluding hydrogens is 371 g/mol. The fourth-order valence-corrected chi connectivity index (χ4v) is 2.40. The molecule has 19 heavy (non-hydrogen) atoms. The molecule has 1 aromatic heterocycles. The number of rotatable bonds is 4. The summed E-state index contributed by atoms with van der Waals surface area (Å²) in [4.78, 5) is 4.44. The number of aryl methyl sites for hydroxylation is 1. The summed E-state index contributed by atoms with van der Waals surface area (Å²) in [5, 5.41) is 0.753. The van der Waals surface area contributed by atoms with Gasteiger partial charge in [-0.3, -0.25) is 4.98 Å². The van der Waals surface area contributed by atoms with E-state index in [0.717, 1.165) is 32.7 Å². The first-order valence-corrected chi connectivity index (χ1v) is 7.70. The van der Waals surface area contributed by atoms with Gasteiger partial charge in [0, 0.05) is 27.9 Å². The first kappa shape index (κ1) is 14.8. The van der Waals surface area contributed by atoms with Crippen LogP contribution in [0, 0.1) is 3.57 Å². The molecule has 0 aliphatic heterocycles. The van der Waals surface area contributed by atoms with Crippen LogP contribution in [0.4, 0.5) is 0 Å². The third-order valence-electron chi connectivity index (χ3n) is 3.10. The Labute approximate surface area is 132 Å². The Morgan fingerprint density at radius 3 is 2.68 bits per heavy atom. The molecule has 1 unspecified atom stereocenters. The highest BCUT2D eigenvalue weighted by atomic mass is 127. The monoisotopic (exact) mass is 386 g/mol. The molecule has 100 valence electrons. The van der Waals surface area contributed by atoms with Gasteiger partial charge in [-0.15, -0.1) is 0 Å². The van der Waals surface area contributed by atoms with Gasteiger partial charge in [-0.25, -0.2) is 0 Å². The minimum atomic E-state index is -0.0746. The van der Waals surface area contributed by atoms with Crippen molar-refractivity contribution < 1.29 is 0 Å². The quantitative estimate of drug-likeness (QED) is 0.802. The lowest BCUT2D eigenvalue weighted by Crippen LogP contribution is -2.14. The summed E-state index contributed by atoms with van der Waals surface area (Å²) in [7, 11) is 0. The first-order valence-electron chi connectivity index (χ1n) is 6.24. The maximum absolute atomic E-state index is 6.22. The fourth-order valence-electron chi connectivity index (χ4n) is 1.87. The van der Waals surface area contributed by atoms with Gasteiger partial charge in [-0.2, -0.15) is 0 Å². The van der Waals surface area contributed by atoms with E-state index >= 15 is 0 Å². The van der Waals surface area contributed by atoms with Crippen molar-refractivity contribution in [2.24, 2.45) is 5.73 Å². The van der Waals surface area contributed by atoms with E-state index in [2.05, 4.69) is 40.6 Å². The molecule has 2 N–H and O–H groups in total. The summed E-state index contributed by atoms with van der Waals surface area (Å²) >= 11 is 8.33. The lowest BCUT2D eigenvalue weighted by atomic mass is 10.0. The van der Waals surface area contributed by atoms with Crippen molar-refractivity contribution in [3.63, 3.8) is 0 Å². The van der Waals surface area contributed by atoms with Gasteiger partial charge in [0.1, 0.15) is 0 Å². The van der Waals surface area contributed by atoms with Crippen molar-refractivity contribution in [1.29, 1.82) is 0 Å². The predicted octanol–water partition coefficient (Wildman–Crippen LogP) is 4.14. The van der Waals surface area contributed by atoms with E-state index in [4.69, 9.17) is 17.3 Å². The summed E-state index contributed by atoms with van der Waals surface area (Å²) < 4.78 is 1.04. The van der Waals surface area contributed by atoms with Crippen LogP contribution in [-0.2, 0) is 12.8 Å². The lowest BCUT2D eigenvalue weighted by molar-refractivity contribution is 0.705. The standard InChI is InChI=1S/C15H16ClIN2/c1-2-10-3-5-12(19-9-10)8-15(18)11-4-6-14(17)13(16)7-11/h3-7,9,15H,2,8,18H2,1H3. The van der Waals surface area contributed by atoms with Crippen LogP contribution in [0.5, 0.6) is 0 Å². The number of nitrogens with zero attached hydrogens (tertiary/aromatic N) is 1. The molecule has 0 amide bonds. The second-order valence-electron chi connectivity index (χ2n) is 4.50. The second-order valence-corrected chi connectivity index (χ2v) is 6.06. The van der Waals surface area contributed by atoms with Gasteiger partial charge in [0.15, 0.2) is 0 Å². The first-order chi connectivity index (χ1) is 9.10. The molecule has 1 atom stereocenters. The summed E-state index contributed by atoms with van der Waals surface area (Å²) in [5.41, 5.74) is 9.52. The van der Waals surface area contributed by atoms with Crippen molar-refractivity contribution in [2.75, 3.05) is 0 Å². The van der Waals surface area contributed by atoms with Crippen molar-refractivity contribution in [2.45, 2.75) is 25.8 Å². The minimum absolute atomic E-state index is 0.0746. The van der Waals surface area contributed by atoms with E-state index in [-0.39, 0.29) is 6.04 Å². The van der Waals surface area contributed by atoms with Crippen LogP contribution < -0.4 is 5.73 Å². The fraction of sp³-hybridized carbons (Fsp3) is 0.267. The highest BCUT2D eigenvalue weighted by Crippen LogP contribution is 2.23. The van der Waals surface area contributed by atoms with Gasteiger partial charge in [0.25, 0.3) is 0 Å². The molecule has 0 saturated heterocycles. The largest absolute Gasteiger partial charge is 0.324 e. The number of pyridine rings is 1. The van der Waals surface area contributed by atoms with Crippen LogP contribution in [-0.4, -0.2) is 4.98 Å². The van der Waals surface area contributed by atoms with Crippen molar-refractivity contribution in [3.05, 3.63) is 61.9 Å². The van der Waals surface area contributed by atoms with E-state index in [1.165, 1.54) is 5.56 Å². The highest BCUT2D eigenvalue weighted by molar-refractivity contribution is 14.1. The Morgan fingerprint density at radius 2 is 2.11 bits per heavy atom. The molecule has 2 aromatic rings. The molecular formula is C15H16ClIN2. The van der Waals surface area contributed by atoms with Crippen LogP contribution in [0.2, 0.25) is 5.02 Å². The number of aromatic nitrogens is 1. The average molecular weight is 387 g/mol. The maximum atomic E-state index is 6.22. The number of hydrogen-bond donors (Lipinski definition) is 1. The van der Waals surface area contributed by atoms with Crippen LogP contribution in [0.15, 0.2) is 36.5 Å². The second kappa shape index (κ2) is 6.68. The van der Waals surface area contributed by atoms with E-state index in [1.807, 2.05) is 30.5 Å². The van der Waals surface area contributed by atoms with Crippen molar-refractivity contribution in [1.82, 2.24) is 4.98 Å². The third-order valence-corrected chi connectivity index (χ3v) is 4.67. The lowest BCUT2D eigenvalue weighted by Gasteiger charge is -2.12. The number of hydrogen-bond acceptors (Lipinski definition) is 2. The number of benzene rings is 1. The smallest absolute Gasteiger partial charge is 0.0542 e. The summed E-state index contributed by atoms with van der Waals surface area (Å²) in [6, 6.07) is 10.0. The van der Waals surface area contributed by atoms with Crippen LogP contribution >= 0.6 is 34.2 Å². The highest BCUT2D eigenvalue weighted by Gasteiger charge is 2.09. The van der Waals surface area contributed by atoms with Gasteiger partial charge >= 0.3 is 0 Å². The van der Waals surface area contributed by atoms with Crippen LogP contribution in [0.25, 0.3) is 0 Å². The molecule has 1 heterocycles. The SMILES string of the molecule is CCc1ccc(CC(N)c2ccc(I)c(Cl)c2)nc1. The predicted molar refractivity (Wildman–Crippen MR) is 88.4 cm³/mol. The van der Waals surface area contributed by atoms with Gasteiger partial charge in [0.2, 0.25) is 0 Å². The maximum Gasteiger partial charge on any atom is 0.0542 e. The Balaban J connectivity index is 2.10. The Kier molecular flexibility index (Phi) is 5.19. The van der Waals surface area contributed by atoms with E-state index in [0.29, 0.717) is 0 Å². The zero-order valence-electron chi connectivity index (χ0n) is 10.7. The summed E-state index contributed by atoms with van der Waals surface area (Å²) in [6.07, 6.45) is 3.65. The Hall–Kier alpha value is -0.650. The van der Waals surface area contributed by atoms with Crippen LogP contribution in [0.3, 0.4) is 0 Å². The topological polar surface area (TPSA) is 38.9 Å². The average Bonchev–Trinajstić information content (AvgIpc) is 2.42. The minimum Gasteiger partial charge on any atom is -0.324 e. The zero-order chi connectivity index (χ0) is 13.8. The summed E-state index contributed by atoms with van der Waals surface area (Å²) in [5.74, 6) is 0. The van der Waals surface area contributed by atoms with Crippen LogP contribution in [0.1, 0.15) is 29.8 Å². The van der Waals surface area contributed by atoms with Gasteiger partial charge in [-0.05, 0) is 58.3 Å². The molecule has 0 aliphatic rings. The third kappa shape index (κ3) is 3.91. The molecule has 0 saturated carbocycles. The number of nitrogens with two attached hydrogens (primary N) is 1. The molecule has 4 heteroatoms. The molecule has 0 radical (unpaired) electrons.